The predicted molar refractivity (Wildman–Crippen MR) is 57.1 cm³/mol. The third kappa shape index (κ3) is 5.04. The molecule has 1 saturated heterocycles. The van der Waals surface area contributed by atoms with Crippen molar-refractivity contribution in [3.8, 4) is 0 Å². The molecule has 0 spiro atoms. The fourth-order valence-electron chi connectivity index (χ4n) is 1.53. The van der Waals surface area contributed by atoms with Crippen LogP contribution in [0.25, 0.3) is 0 Å². The summed E-state index contributed by atoms with van der Waals surface area (Å²) in [6.07, 6.45) is -0.509. The van der Waals surface area contributed by atoms with E-state index < -0.39 is 23.8 Å². The van der Waals surface area contributed by atoms with Gasteiger partial charge in [0, 0.05) is 0 Å². The lowest BCUT2D eigenvalue weighted by molar-refractivity contribution is -0.318. The topological polar surface area (TPSA) is 87.7 Å². The molecule has 1 amide bonds. The van der Waals surface area contributed by atoms with Crippen LogP contribution in [0.3, 0.4) is 0 Å². The number of nitrogens with one attached hydrogen (secondary N) is 1. The number of rotatable bonds is 2. The molecule has 1 heterocycles. The second kappa shape index (κ2) is 5.35. The maximum absolute atomic E-state index is 11.4. The minimum absolute atomic E-state index is 0.165. The number of alkyl carbamates (subject to hydrolysis) is 1. The molecular weight excluding hydrogens is 226 g/mol. The molecule has 17 heavy (non-hydrogen) atoms. The van der Waals surface area contributed by atoms with Crippen molar-refractivity contribution < 1.29 is 24.2 Å². The summed E-state index contributed by atoms with van der Waals surface area (Å²) < 4.78 is 10.1. The first-order valence-corrected chi connectivity index (χ1v) is 5.60. The van der Waals surface area contributed by atoms with Crippen LogP contribution in [-0.4, -0.2) is 36.4 Å². The highest BCUT2D eigenvalue weighted by atomic mass is 16.6. The van der Waals surface area contributed by atoms with Crippen molar-refractivity contribution in [1.82, 2.24) is 5.32 Å². The number of hydrogen-bond acceptors (Lipinski definition) is 5. The summed E-state index contributed by atoms with van der Waals surface area (Å²) in [6, 6.07) is -0.208. The zero-order chi connectivity index (χ0) is 13.1. The number of carbonyl (C=O) groups is 2. The normalized spacial score (nSPS) is 25.1. The van der Waals surface area contributed by atoms with Gasteiger partial charge in [-0.25, -0.2) is 4.79 Å². The van der Waals surface area contributed by atoms with Crippen LogP contribution >= 0.6 is 0 Å². The van der Waals surface area contributed by atoms with E-state index in [2.05, 4.69) is 5.32 Å². The first kappa shape index (κ1) is 13.8. The molecule has 1 aliphatic heterocycles. The number of carboxylic acids is 1. The first-order chi connectivity index (χ1) is 7.78. The fraction of sp³-hybridized carbons (Fsp3) is 0.818. The standard InChI is InChI=1S/C11H19NO5/c1-11(2,3)17-10(15)12-7-4-5-8(9(13)14)16-6-7/h7-8H,4-6H2,1-3H3,(H,12,15)(H,13,14)/p-1/t7-,8+/m1/s1. The van der Waals surface area contributed by atoms with E-state index in [1.165, 1.54) is 0 Å². The van der Waals surface area contributed by atoms with Gasteiger partial charge in [0.25, 0.3) is 0 Å². The number of hydrogen-bond donors (Lipinski definition) is 1. The van der Waals surface area contributed by atoms with Gasteiger partial charge in [-0.05, 0) is 33.6 Å². The summed E-state index contributed by atoms with van der Waals surface area (Å²) in [4.78, 5) is 21.9. The van der Waals surface area contributed by atoms with Crippen LogP contribution in [0, 0.1) is 0 Å². The Labute approximate surface area is 100 Å². The van der Waals surface area contributed by atoms with Crippen LogP contribution in [0.4, 0.5) is 4.79 Å². The average Bonchev–Trinajstić information content (AvgIpc) is 2.15. The van der Waals surface area contributed by atoms with Crippen molar-refractivity contribution in [3.63, 3.8) is 0 Å². The van der Waals surface area contributed by atoms with Crippen LogP contribution in [0.15, 0.2) is 0 Å². The molecule has 0 saturated carbocycles. The third-order valence-electron chi connectivity index (χ3n) is 2.26. The quantitative estimate of drug-likeness (QED) is 0.727. The van der Waals surface area contributed by atoms with Gasteiger partial charge >= 0.3 is 6.09 Å². The highest BCUT2D eigenvalue weighted by Crippen LogP contribution is 2.14. The maximum Gasteiger partial charge on any atom is 0.407 e. The number of carbonyl (C=O) groups excluding carboxylic acids is 2. The molecule has 0 bridgehead atoms. The lowest BCUT2D eigenvalue weighted by Crippen LogP contribution is -2.48. The molecule has 0 aromatic carbocycles. The van der Waals surface area contributed by atoms with Gasteiger partial charge < -0.3 is 24.7 Å². The lowest BCUT2D eigenvalue weighted by Gasteiger charge is -2.30. The molecule has 98 valence electrons. The summed E-state index contributed by atoms with van der Waals surface area (Å²) in [5, 5.41) is 13.2. The minimum Gasteiger partial charge on any atom is -0.547 e. The molecule has 1 rings (SSSR count). The molecule has 1 aliphatic rings. The van der Waals surface area contributed by atoms with E-state index in [0.29, 0.717) is 12.8 Å². The van der Waals surface area contributed by atoms with Crippen LogP contribution in [-0.2, 0) is 14.3 Å². The molecule has 1 N–H and O–H groups in total. The highest BCUT2D eigenvalue weighted by molar-refractivity contribution is 5.70. The van der Waals surface area contributed by atoms with Gasteiger partial charge in [-0.3, -0.25) is 0 Å². The summed E-state index contributed by atoms with van der Waals surface area (Å²) >= 11 is 0. The second-order valence-corrected chi connectivity index (χ2v) is 5.06. The van der Waals surface area contributed by atoms with E-state index in [1.54, 1.807) is 20.8 Å². The monoisotopic (exact) mass is 244 g/mol. The fourth-order valence-corrected chi connectivity index (χ4v) is 1.53. The molecule has 6 nitrogen and oxygen atoms in total. The van der Waals surface area contributed by atoms with Gasteiger partial charge in [0.05, 0.1) is 24.7 Å². The molecule has 6 heteroatoms. The largest absolute Gasteiger partial charge is 0.547 e. The van der Waals surface area contributed by atoms with Gasteiger partial charge in [0.15, 0.2) is 0 Å². The number of carboxylic acid groups (broad SMARTS) is 1. The van der Waals surface area contributed by atoms with Crippen LogP contribution in [0.5, 0.6) is 0 Å². The summed E-state index contributed by atoms with van der Waals surface area (Å²) in [7, 11) is 0. The Morgan fingerprint density at radius 3 is 2.41 bits per heavy atom. The SMILES string of the molecule is CC(C)(C)OC(=O)N[C@@H]1CC[C@@H](C(=O)[O-])OC1. The molecule has 0 aromatic rings. The average molecular weight is 244 g/mol. The van der Waals surface area contributed by atoms with E-state index in [1.807, 2.05) is 0 Å². The summed E-state index contributed by atoms with van der Waals surface area (Å²) in [6.45, 7) is 5.49. The van der Waals surface area contributed by atoms with Crippen LogP contribution in [0.1, 0.15) is 33.6 Å². The van der Waals surface area contributed by atoms with E-state index in [4.69, 9.17) is 9.47 Å². The van der Waals surface area contributed by atoms with Crippen molar-refractivity contribution in [2.24, 2.45) is 0 Å². The maximum atomic E-state index is 11.4. The van der Waals surface area contributed by atoms with E-state index in [9.17, 15) is 14.7 Å². The van der Waals surface area contributed by atoms with Crippen molar-refractivity contribution in [1.29, 1.82) is 0 Å². The van der Waals surface area contributed by atoms with Gasteiger partial charge in [-0.15, -0.1) is 0 Å². The Morgan fingerprint density at radius 2 is 2.00 bits per heavy atom. The first-order valence-electron chi connectivity index (χ1n) is 5.60. The van der Waals surface area contributed by atoms with Gasteiger partial charge in [-0.2, -0.15) is 0 Å². The summed E-state index contributed by atoms with van der Waals surface area (Å²) in [5.41, 5.74) is -0.548. The number of ether oxygens (including phenoxy) is 2. The molecule has 2 atom stereocenters. The second-order valence-electron chi connectivity index (χ2n) is 5.06. The van der Waals surface area contributed by atoms with E-state index >= 15 is 0 Å². The molecule has 0 aromatic heterocycles. The van der Waals surface area contributed by atoms with E-state index in [-0.39, 0.29) is 12.6 Å². The lowest BCUT2D eigenvalue weighted by atomic mass is 10.1. The Morgan fingerprint density at radius 1 is 1.35 bits per heavy atom. The number of aliphatic carboxylic acids is 1. The van der Waals surface area contributed by atoms with Gasteiger partial charge in [-0.1, -0.05) is 0 Å². The Bertz CT molecular complexity index is 289. The van der Waals surface area contributed by atoms with Crippen molar-refractivity contribution in [3.05, 3.63) is 0 Å². The molecule has 0 aliphatic carbocycles. The molecule has 0 radical (unpaired) electrons. The Kier molecular flexibility index (Phi) is 4.34. The smallest absolute Gasteiger partial charge is 0.407 e. The van der Waals surface area contributed by atoms with E-state index in [0.717, 1.165) is 0 Å². The highest BCUT2D eigenvalue weighted by Gasteiger charge is 2.25. The van der Waals surface area contributed by atoms with Gasteiger partial charge in [0.2, 0.25) is 0 Å². The predicted octanol–water partition coefficient (Wildman–Crippen LogP) is -0.191. The molecule has 1 fully saturated rings. The minimum atomic E-state index is -1.21. The van der Waals surface area contributed by atoms with Crippen molar-refractivity contribution in [2.75, 3.05) is 6.61 Å². The van der Waals surface area contributed by atoms with Crippen molar-refractivity contribution in [2.45, 2.75) is 51.4 Å². The van der Waals surface area contributed by atoms with Crippen LogP contribution < -0.4 is 10.4 Å². The Hall–Kier alpha value is -1.30. The van der Waals surface area contributed by atoms with Gasteiger partial charge in [0.1, 0.15) is 5.60 Å². The number of amides is 1. The molecular formula is C11H18NO5-. The molecule has 0 unspecified atom stereocenters. The zero-order valence-corrected chi connectivity index (χ0v) is 10.3. The Balaban J connectivity index is 2.31. The van der Waals surface area contributed by atoms with Crippen LogP contribution in [0.2, 0.25) is 0 Å². The van der Waals surface area contributed by atoms with Crippen molar-refractivity contribution >= 4 is 12.1 Å². The zero-order valence-electron chi connectivity index (χ0n) is 10.3. The third-order valence-corrected chi connectivity index (χ3v) is 2.26. The summed E-state index contributed by atoms with van der Waals surface area (Å²) in [5.74, 6) is -1.21.